The van der Waals surface area contributed by atoms with E-state index in [0.29, 0.717) is 0 Å². The van der Waals surface area contributed by atoms with Gasteiger partial charge in [-0.1, -0.05) is 0 Å². The lowest BCUT2D eigenvalue weighted by atomic mass is 10.2. The fourth-order valence-electron chi connectivity index (χ4n) is 1.29. The molecule has 0 aromatic carbocycles. The van der Waals surface area contributed by atoms with Gasteiger partial charge in [-0.3, -0.25) is 19.7 Å². The van der Waals surface area contributed by atoms with Crippen molar-refractivity contribution in [3.05, 3.63) is 22.4 Å². The summed E-state index contributed by atoms with van der Waals surface area (Å²) in [5.74, 6) is -1.32. The van der Waals surface area contributed by atoms with Crippen molar-refractivity contribution in [2.45, 2.75) is 19.3 Å². The number of carboxylic acid groups (broad SMARTS) is 1. The van der Waals surface area contributed by atoms with Crippen LogP contribution in [-0.4, -0.2) is 26.9 Å². The van der Waals surface area contributed by atoms with Crippen molar-refractivity contribution in [2.75, 3.05) is 11.1 Å². The highest BCUT2D eigenvalue weighted by atomic mass is 16.6. The van der Waals surface area contributed by atoms with E-state index < -0.39 is 16.8 Å². The number of carbonyl (C=O) groups excluding carboxylic acids is 1. The molecule has 9 nitrogen and oxygen atoms in total. The normalized spacial score (nSPS) is 9.89. The van der Waals surface area contributed by atoms with Gasteiger partial charge in [-0.15, -0.1) is 0 Å². The minimum Gasteiger partial charge on any atom is -0.481 e. The van der Waals surface area contributed by atoms with Crippen molar-refractivity contribution >= 4 is 29.1 Å². The Balaban J connectivity index is 2.58. The molecule has 1 aromatic heterocycles. The molecular weight excluding hydrogens is 256 g/mol. The summed E-state index contributed by atoms with van der Waals surface area (Å²) in [7, 11) is 0. The Morgan fingerprint density at radius 3 is 2.68 bits per heavy atom. The van der Waals surface area contributed by atoms with Crippen molar-refractivity contribution in [1.29, 1.82) is 0 Å². The number of anilines is 2. The number of pyridine rings is 1. The van der Waals surface area contributed by atoms with Gasteiger partial charge in [0.25, 0.3) is 0 Å². The molecule has 9 heteroatoms. The van der Waals surface area contributed by atoms with E-state index in [2.05, 4.69) is 10.3 Å². The molecule has 1 heterocycles. The van der Waals surface area contributed by atoms with Crippen LogP contribution in [0.25, 0.3) is 0 Å². The van der Waals surface area contributed by atoms with Crippen molar-refractivity contribution < 1.29 is 19.6 Å². The summed E-state index contributed by atoms with van der Waals surface area (Å²) in [6, 6.07) is 1.17. The van der Waals surface area contributed by atoms with Crippen LogP contribution in [-0.2, 0) is 9.59 Å². The molecule has 0 spiro atoms. The quantitative estimate of drug-likeness (QED) is 0.509. The number of hydrogen-bond donors (Lipinski definition) is 3. The monoisotopic (exact) mass is 268 g/mol. The zero-order valence-corrected chi connectivity index (χ0v) is 9.83. The smallest absolute Gasteiger partial charge is 0.310 e. The van der Waals surface area contributed by atoms with E-state index in [9.17, 15) is 19.7 Å². The van der Waals surface area contributed by atoms with Crippen LogP contribution in [0.1, 0.15) is 19.3 Å². The number of carbonyl (C=O) groups is 2. The molecule has 0 atom stereocenters. The fourth-order valence-corrected chi connectivity index (χ4v) is 1.29. The first-order valence-corrected chi connectivity index (χ1v) is 5.31. The SMILES string of the molecule is Nc1cc(NC(=O)CCCC(=O)O)ncc1[N+](=O)[O-]. The van der Waals surface area contributed by atoms with Crippen molar-refractivity contribution in [3.63, 3.8) is 0 Å². The molecule has 0 bridgehead atoms. The predicted octanol–water partition coefficient (Wildman–Crippen LogP) is 0.765. The van der Waals surface area contributed by atoms with Gasteiger partial charge < -0.3 is 16.2 Å². The van der Waals surface area contributed by atoms with E-state index in [1.165, 1.54) is 6.07 Å². The van der Waals surface area contributed by atoms with E-state index in [4.69, 9.17) is 10.8 Å². The number of hydrogen-bond acceptors (Lipinski definition) is 6. The van der Waals surface area contributed by atoms with E-state index in [1.54, 1.807) is 0 Å². The van der Waals surface area contributed by atoms with Gasteiger partial charge in [-0.25, -0.2) is 4.98 Å². The van der Waals surface area contributed by atoms with Gasteiger partial charge in [0.1, 0.15) is 17.7 Å². The highest BCUT2D eigenvalue weighted by Crippen LogP contribution is 2.22. The number of nitrogens with zero attached hydrogens (tertiary/aromatic N) is 2. The highest BCUT2D eigenvalue weighted by molar-refractivity contribution is 5.90. The molecule has 1 amide bonds. The van der Waals surface area contributed by atoms with Crippen molar-refractivity contribution in [3.8, 4) is 0 Å². The highest BCUT2D eigenvalue weighted by Gasteiger charge is 2.13. The second-order valence-corrected chi connectivity index (χ2v) is 3.68. The lowest BCUT2D eigenvalue weighted by molar-refractivity contribution is -0.384. The van der Waals surface area contributed by atoms with Gasteiger partial charge in [0.2, 0.25) is 5.91 Å². The summed E-state index contributed by atoms with van der Waals surface area (Å²) in [5, 5.41) is 21.3. The Morgan fingerprint density at radius 2 is 2.16 bits per heavy atom. The zero-order chi connectivity index (χ0) is 14.4. The summed E-state index contributed by atoms with van der Waals surface area (Å²) in [5.41, 5.74) is 4.97. The molecule has 1 aromatic rings. The van der Waals surface area contributed by atoms with Gasteiger partial charge in [-0.2, -0.15) is 0 Å². The molecule has 1 rings (SSSR count). The predicted molar refractivity (Wildman–Crippen MR) is 65.4 cm³/mol. The van der Waals surface area contributed by atoms with Crippen LogP contribution in [0, 0.1) is 10.1 Å². The maximum Gasteiger partial charge on any atom is 0.310 e. The topological polar surface area (TPSA) is 148 Å². The van der Waals surface area contributed by atoms with Crippen LogP contribution in [0.5, 0.6) is 0 Å². The number of aromatic nitrogens is 1. The maximum atomic E-state index is 11.4. The minimum absolute atomic E-state index is 0.0187. The number of nitrogens with one attached hydrogen (secondary N) is 1. The molecule has 0 aliphatic carbocycles. The van der Waals surface area contributed by atoms with Crippen LogP contribution >= 0.6 is 0 Å². The third kappa shape index (κ3) is 4.58. The van der Waals surface area contributed by atoms with Crippen LogP contribution < -0.4 is 11.1 Å². The van der Waals surface area contributed by atoms with Gasteiger partial charge in [-0.05, 0) is 6.42 Å². The van der Waals surface area contributed by atoms with Crippen LogP contribution in [0.15, 0.2) is 12.3 Å². The van der Waals surface area contributed by atoms with Crippen molar-refractivity contribution in [1.82, 2.24) is 4.98 Å². The van der Waals surface area contributed by atoms with E-state index >= 15 is 0 Å². The van der Waals surface area contributed by atoms with Gasteiger partial charge in [0.15, 0.2) is 0 Å². The number of amides is 1. The lowest BCUT2D eigenvalue weighted by Crippen LogP contribution is -2.13. The number of nitrogens with two attached hydrogens (primary N) is 1. The standard InChI is InChI=1S/C10H12N4O5/c11-6-4-8(12-5-7(6)14(18)19)13-9(15)2-1-3-10(16)17/h4-5H,1-3H2,(H,16,17)(H3,11,12,13,15). The second kappa shape index (κ2) is 6.28. The summed E-state index contributed by atoms with van der Waals surface area (Å²) in [4.78, 5) is 35.2. The third-order valence-corrected chi connectivity index (χ3v) is 2.17. The molecule has 4 N–H and O–H groups in total. The molecule has 0 fully saturated rings. The third-order valence-electron chi connectivity index (χ3n) is 2.17. The Labute approximate surface area is 107 Å². The molecule has 19 heavy (non-hydrogen) atoms. The van der Waals surface area contributed by atoms with Crippen LogP contribution in [0.2, 0.25) is 0 Å². The number of rotatable bonds is 6. The minimum atomic E-state index is -0.981. The first-order chi connectivity index (χ1) is 8.90. The van der Waals surface area contributed by atoms with Gasteiger partial charge in [0.05, 0.1) is 4.92 Å². The molecule has 0 aliphatic rings. The lowest BCUT2D eigenvalue weighted by Gasteiger charge is -2.04. The Bertz CT molecular complexity index is 517. The molecular formula is C10H12N4O5. The zero-order valence-electron chi connectivity index (χ0n) is 9.83. The number of aliphatic carboxylic acids is 1. The summed E-state index contributed by atoms with van der Waals surface area (Å²) < 4.78 is 0. The molecule has 0 unspecified atom stereocenters. The second-order valence-electron chi connectivity index (χ2n) is 3.68. The largest absolute Gasteiger partial charge is 0.481 e. The Hall–Kier alpha value is -2.71. The Kier molecular flexibility index (Phi) is 4.75. The number of nitrogen functional groups attached to an aromatic ring is 1. The van der Waals surface area contributed by atoms with Crippen LogP contribution in [0.3, 0.4) is 0 Å². The van der Waals surface area contributed by atoms with E-state index in [0.717, 1.165) is 6.20 Å². The average Bonchev–Trinajstić information content (AvgIpc) is 2.27. The van der Waals surface area contributed by atoms with Gasteiger partial charge in [0, 0.05) is 18.9 Å². The fraction of sp³-hybridized carbons (Fsp3) is 0.300. The van der Waals surface area contributed by atoms with Crippen molar-refractivity contribution in [2.24, 2.45) is 0 Å². The number of carboxylic acids is 1. The first kappa shape index (κ1) is 14.4. The van der Waals surface area contributed by atoms with Crippen LogP contribution in [0.4, 0.5) is 17.2 Å². The van der Waals surface area contributed by atoms with E-state index in [-0.39, 0.29) is 36.5 Å². The summed E-state index contributed by atoms with van der Waals surface area (Å²) >= 11 is 0. The van der Waals surface area contributed by atoms with Gasteiger partial charge >= 0.3 is 11.7 Å². The number of nitro groups is 1. The average molecular weight is 268 g/mol. The maximum absolute atomic E-state index is 11.4. The first-order valence-electron chi connectivity index (χ1n) is 5.31. The summed E-state index contributed by atoms with van der Waals surface area (Å²) in [6.45, 7) is 0. The molecule has 0 radical (unpaired) electrons. The molecule has 0 saturated carbocycles. The molecule has 0 aliphatic heterocycles. The molecule has 102 valence electrons. The summed E-state index contributed by atoms with van der Waals surface area (Å²) in [6.07, 6.45) is 1.06. The molecule has 0 saturated heterocycles. The Morgan fingerprint density at radius 1 is 1.47 bits per heavy atom. The van der Waals surface area contributed by atoms with E-state index in [1.807, 2.05) is 0 Å².